The van der Waals surface area contributed by atoms with E-state index in [1.54, 1.807) is 4.68 Å². The maximum atomic E-state index is 12.5. The number of hydrogen-bond donors (Lipinski definition) is 2. The second kappa shape index (κ2) is 9.71. The average molecular weight is 490 g/mol. The zero-order valence-corrected chi connectivity index (χ0v) is 19.6. The Bertz CT molecular complexity index is 1330. The van der Waals surface area contributed by atoms with Crippen molar-refractivity contribution in [2.75, 3.05) is 10.6 Å². The quantitative estimate of drug-likeness (QED) is 0.337. The van der Waals surface area contributed by atoms with E-state index in [9.17, 15) is 4.79 Å². The van der Waals surface area contributed by atoms with E-state index in [-0.39, 0.29) is 17.9 Å². The van der Waals surface area contributed by atoms with Gasteiger partial charge in [-0.2, -0.15) is 4.98 Å². The lowest BCUT2D eigenvalue weighted by molar-refractivity contribution is -0.116. The molecule has 5 rings (SSSR count). The van der Waals surface area contributed by atoms with Gasteiger partial charge in [-0.25, -0.2) is 4.68 Å². The minimum Gasteiger partial charge on any atom is -0.324 e. The molecule has 0 radical (unpaired) electrons. The molecule has 1 aromatic heterocycles. The lowest BCUT2D eigenvalue weighted by Gasteiger charge is -2.24. The number of hydrogen-bond acceptors (Lipinski definition) is 4. The van der Waals surface area contributed by atoms with Crippen LogP contribution in [0.15, 0.2) is 84.9 Å². The zero-order chi connectivity index (χ0) is 23.5. The van der Waals surface area contributed by atoms with Gasteiger partial charge in [0.1, 0.15) is 6.04 Å². The number of amides is 1. The minimum atomic E-state index is -0.235. The Morgan fingerprint density at radius 1 is 0.941 bits per heavy atom. The summed E-state index contributed by atoms with van der Waals surface area (Å²) in [6, 6.07) is 24.8. The molecule has 0 fully saturated rings. The van der Waals surface area contributed by atoms with Gasteiger partial charge in [0, 0.05) is 22.2 Å². The van der Waals surface area contributed by atoms with Crippen molar-refractivity contribution in [2.45, 2.75) is 18.9 Å². The number of aromatic nitrogens is 3. The summed E-state index contributed by atoms with van der Waals surface area (Å²) in [7, 11) is 0. The highest BCUT2D eigenvalue weighted by molar-refractivity contribution is 6.30. The molecular weight excluding hydrogens is 469 g/mol. The van der Waals surface area contributed by atoms with Gasteiger partial charge in [-0.05, 0) is 53.5 Å². The van der Waals surface area contributed by atoms with Crippen LogP contribution in [0.3, 0.4) is 0 Å². The summed E-state index contributed by atoms with van der Waals surface area (Å²) in [6.07, 6.45) is 3.06. The first-order chi connectivity index (χ1) is 16.5. The number of carbonyl (C=O) groups excluding carboxylic acids is 1. The van der Waals surface area contributed by atoms with Gasteiger partial charge in [-0.3, -0.25) is 10.1 Å². The number of rotatable bonds is 6. The molecule has 3 aromatic carbocycles. The molecular formula is C26H21Cl2N5O. The van der Waals surface area contributed by atoms with E-state index in [1.165, 1.54) is 0 Å². The Morgan fingerprint density at radius 2 is 1.62 bits per heavy atom. The predicted molar refractivity (Wildman–Crippen MR) is 136 cm³/mol. The molecule has 0 saturated heterocycles. The summed E-state index contributed by atoms with van der Waals surface area (Å²) in [5.41, 5.74) is 3.94. The number of allylic oxidation sites excluding steroid dienone is 1. The van der Waals surface area contributed by atoms with Crippen LogP contribution < -0.4 is 10.6 Å². The lowest BCUT2D eigenvalue weighted by Crippen LogP contribution is -2.20. The molecule has 1 atom stereocenters. The van der Waals surface area contributed by atoms with Crippen LogP contribution in [0.5, 0.6) is 0 Å². The standard InChI is InChI=1S/C26H21Cl2N5O/c27-20-11-7-18(8-12-20)22-16-23(19-9-13-21(28)14-10-19)33-26(29-22)31-25(32-33)30-24(34)15-6-17-4-2-1-3-5-17/h1-5,7-14,16,23H,6,15H2,(H2,29,30,31,32,34)/t23-/m0/s1. The fourth-order valence-corrected chi connectivity index (χ4v) is 4.08. The molecule has 0 aliphatic carbocycles. The van der Waals surface area contributed by atoms with E-state index >= 15 is 0 Å². The number of carbonyl (C=O) groups is 1. The third kappa shape index (κ3) is 4.98. The Kier molecular flexibility index (Phi) is 6.34. The van der Waals surface area contributed by atoms with E-state index in [2.05, 4.69) is 26.8 Å². The van der Waals surface area contributed by atoms with Gasteiger partial charge in [0.25, 0.3) is 5.95 Å². The van der Waals surface area contributed by atoms with Crippen LogP contribution in [0.1, 0.15) is 29.2 Å². The van der Waals surface area contributed by atoms with Gasteiger partial charge in [-0.15, -0.1) is 5.10 Å². The van der Waals surface area contributed by atoms with Gasteiger partial charge in [-0.1, -0.05) is 77.8 Å². The van der Waals surface area contributed by atoms with Crippen molar-refractivity contribution >= 4 is 46.7 Å². The molecule has 8 heteroatoms. The molecule has 0 spiro atoms. The molecule has 0 saturated carbocycles. The van der Waals surface area contributed by atoms with Crippen LogP contribution in [0.2, 0.25) is 10.0 Å². The van der Waals surface area contributed by atoms with Gasteiger partial charge in [0.2, 0.25) is 11.9 Å². The van der Waals surface area contributed by atoms with Crippen molar-refractivity contribution in [2.24, 2.45) is 0 Å². The molecule has 34 heavy (non-hydrogen) atoms. The van der Waals surface area contributed by atoms with Crippen molar-refractivity contribution in [3.8, 4) is 0 Å². The Morgan fingerprint density at radius 3 is 2.32 bits per heavy atom. The summed E-state index contributed by atoms with van der Waals surface area (Å²) in [5.74, 6) is 0.650. The van der Waals surface area contributed by atoms with Gasteiger partial charge in [0.15, 0.2) is 0 Å². The number of nitrogens with one attached hydrogen (secondary N) is 2. The highest BCUT2D eigenvalue weighted by Gasteiger charge is 2.26. The maximum Gasteiger partial charge on any atom is 0.250 e. The second-order valence-electron chi connectivity index (χ2n) is 7.95. The van der Waals surface area contributed by atoms with Crippen LogP contribution >= 0.6 is 23.2 Å². The first-order valence-electron chi connectivity index (χ1n) is 10.9. The van der Waals surface area contributed by atoms with Crippen LogP contribution in [0.4, 0.5) is 11.9 Å². The maximum absolute atomic E-state index is 12.5. The van der Waals surface area contributed by atoms with Crippen LogP contribution in [-0.2, 0) is 11.2 Å². The summed E-state index contributed by atoms with van der Waals surface area (Å²) in [4.78, 5) is 17.1. The number of halogens is 2. The summed E-state index contributed by atoms with van der Waals surface area (Å²) >= 11 is 12.2. The average Bonchev–Trinajstić information content (AvgIpc) is 3.26. The molecule has 4 aromatic rings. The molecule has 0 bridgehead atoms. The van der Waals surface area contributed by atoms with Crippen LogP contribution in [0, 0.1) is 0 Å². The fraction of sp³-hybridized carbons (Fsp3) is 0.115. The largest absolute Gasteiger partial charge is 0.324 e. The van der Waals surface area contributed by atoms with Gasteiger partial charge < -0.3 is 5.32 Å². The Balaban J connectivity index is 1.40. The van der Waals surface area contributed by atoms with E-state index in [1.807, 2.05) is 78.9 Å². The molecule has 1 aliphatic heterocycles. The van der Waals surface area contributed by atoms with E-state index in [4.69, 9.17) is 23.2 Å². The highest BCUT2D eigenvalue weighted by atomic mass is 35.5. The minimum absolute atomic E-state index is 0.138. The number of fused-ring (bicyclic) bond motifs is 1. The first kappa shape index (κ1) is 22.2. The van der Waals surface area contributed by atoms with E-state index in [0.717, 1.165) is 22.4 Å². The van der Waals surface area contributed by atoms with Gasteiger partial charge >= 0.3 is 0 Å². The molecule has 6 nitrogen and oxygen atoms in total. The zero-order valence-electron chi connectivity index (χ0n) is 18.1. The first-order valence-corrected chi connectivity index (χ1v) is 11.6. The predicted octanol–water partition coefficient (Wildman–Crippen LogP) is 6.21. The van der Waals surface area contributed by atoms with Crippen molar-refractivity contribution in [3.05, 3.63) is 112 Å². The molecule has 2 N–H and O–H groups in total. The monoisotopic (exact) mass is 489 g/mol. The van der Waals surface area contributed by atoms with E-state index in [0.29, 0.717) is 28.8 Å². The normalized spacial score (nSPS) is 14.6. The van der Waals surface area contributed by atoms with Crippen molar-refractivity contribution < 1.29 is 4.79 Å². The van der Waals surface area contributed by atoms with Gasteiger partial charge in [0.05, 0.1) is 0 Å². The summed E-state index contributed by atoms with van der Waals surface area (Å²) < 4.78 is 1.76. The third-order valence-electron chi connectivity index (χ3n) is 5.57. The molecule has 0 unspecified atom stereocenters. The Labute approximate surface area is 207 Å². The number of aryl methyl sites for hydroxylation is 1. The molecule has 1 amide bonds. The SMILES string of the molecule is O=C(CCc1ccccc1)Nc1nc2n(n1)[C@H](c1ccc(Cl)cc1)C=C(c1ccc(Cl)cc1)N2. The number of nitrogens with zero attached hydrogens (tertiary/aromatic N) is 3. The molecule has 2 heterocycles. The Hall–Kier alpha value is -3.61. The fourth-order valence-electron chi connectivity index (χ4n) is 3.83. The van der Waals surface area contributed by atoms with E-state index < -0.39 is 0 Å². The molecule has 170 valence electrons. The highest BCUT2D eigenvalue weighted by Crippen LogP contribution is 2.34. The third-order valence-corrected chi connectivity index (χ3v) is 6.07. The van der Waals surface area contributed by atoms with Crippen molar-refractivity contribution in [3.63, 3.8) is 0 Å². The van der Waals surface area contributed by atoms with Crippen molar-refractivity contribution in [1.29, 1.82) is 0 Å². The lowest BCUT2D eigenvalue weighted by atomic mass is 10.0. The summed E-state index contributed by atoms with van der Waals surface area (Å²) in [6.45, 7) is 0. The van der Waals surface area contributed by atoms with Crippen LogP contribution in [-0.4, -0.2) is 20.7 Å². The second-order valence-corrected chi connectivity index (χ2v) is 8.82. The smallest absolute Gasteiger partial charge is 0.250 e. The van der Waals surface area contributed by atoms with Crippen molar-refractivity contribution in [1.82, 2.24) is 14.8 Å². The van der Waals surface area contributed by atoms with Crippen LogP contribution in [0.25, 0.3) is 5.70 Å². The number of benzene rings is 3. The summed E-state index contributed by atoms with van der Waals surface area (Å²) in [5, 5.41) is 12.1. The topological polar surface area (TPSA) is 71.8 Å². The number of anilines is 2. The molecule has 1 aliphatic rings.